The van der Waals surface area contributed by atoms with Crippen molar-refractivity contribution in [2.24, 2.45) is 0 Å². The molecule has 0 aliphatic carbocycles. The van der Waals surface area contributed by atoms with Gasteiger partial charge in [-0.2, -0.15) is 0 Å². The molecule has 38 heavy (non-hydrogen) atoms. The summed E-state index contributed by atoms with van der Waals surface area (Å²) in [5.41, 5.74) is 2.17. The van der Waals surface area contributed by atoms with Gasteiger partial charge < -0.3 is 14.2 Å². The molecule has 1 aromatic carbocycles. The lowest BCUT2D eigenvalue weighted by atomic mass is 10.0. The van der Waals surface area contributed by atoms with Crippen molar-refractivity contribution in [3.63, 3.8) is 0 Å². The molecular formula is C29H38N6O3. The fourth-order valence-corrected chi connectivity index (χ4v) is 5.49. The second-order valence-corrected chi connectivity index (χ2v) is 10.2. The van der Waals surface area contributed by atoms with E-state index in [2.05, 4.69) is 19.8 Å². The van der Waals surface area contributed by atoms with Gasteiger partial charge in [0.15, 0.2) is 0 Å². The van der Waals surface area contributed by atoms with Gasteiger partial charge in [0.05, 0.1) is 11.7 Å². The highest BCUT2D eigenvalue weighted by Crippen LogP contribution is 2.32. The topological polar surface area (TPSA) is 92.6 Å². The molecule has 1 N–H and O–H groups in total. The number of aromatic nitrogens is 3. The Morgan fingerprint density at radius 2 is 1.82 bits per heavy atom. The summed E-state index contributed by atoms with van der Waals surface area (Å²) in [4.78, 5) is 39.1. The minimum absolute atomic E-state index is 0.0975. The summed E-state index contributed by atoms with van der Waals surface area (Å²) in [6, 6.07) is 11.2. The van der Waals surface area contributed by atoms with Gasteiger partial charge >= 0.3 is 0 Å². The Morgan fingerprint density at radius 3 is 2.55 bits per heavy atom. The number of imidazole rings is 1. The number of ether oxygens (including phenoxy) is 1. The van der Waals surface area contributed by atoms with Crippen LogP contribution in [0.4, 0.5) is 5.95 Å². The monoisotopic (exact) mass is 518 g/mol. The number of nitrogens with one attached hydrogen (secondary N) is 1. The van der Waals surface area contributed by atoms with Crippen molar-refractivity contribution in [2.75, 3.05) is 44.6 Å². The van der Waals surface area contributed by atoms with Crippen LogP contribution in [0.25, 0.3) is 11.0 Å². The first kappa shape index (κ1) is 26.2. The SMILES string of the molecule is CCCC(=O)N1CCC(n2c(NC(=O)c3ccccc3)nc3cnc(OCCN4CCCCC4)cc32)CC1. The molecule has 2 aliphatic heterocycles. The molecule has 0 bridgehead atoms. The van der Waals surface area contributed by atoms with Crippen LogP contribution in [0.5, 0.6) is 5.88 Å². The fourth-order valence-electron chi connectivity index (χ4n) is 5.49. The van der Waals surface area contributed by atoms with E-state index in [9.17, 15) is 9.59 Å². The molecule has 202 valence electrons. The minimum Gasteiger partial charge on any atom is -0.476 e. The van der Waals surface area contributed by atoms with Gasteiger partial charge in [-0.15, -0.1) is 0 Å². The summed E-state index contributed by atoms with van der Waals surface area (Å²) in [5.74, 6) is 1.07. The van der Waals surface area contributed by atoms with Gasteiger partial charge in [0, 0.05) is 43.7 Å². The number of anilines is 1. The van der Waals surface area contributed by atoms with E-state index >= 15 is 0 Å². The lowest BCUT2D eigenvalue weighted by Crippen LogP contribution is -2.39. The quantitative estimate of drug-likeness (QED) is 0.448. The van der Waals surface area contributed by atoms with Crippen LogP contribution < -0.4 is 10.1 Å². The van der Waals surface area contributed by atoms with Crippen molar-refractivity contribution in [3.05, 3.63) is 48.2 Å². The highest BCUT2D eigenvalue weighted by Gasteiger charge is 2.27. The molecule has 0 radical (unpaired) electrons. The molecule has 4 heterocycles. The normalized spacial score (nSPS) is 17.0. The van der Waals surface area contributed by atoms with Crippen LogP contribution in [0.2, 0.25) is 0 Å². The molecule has 3 aromatic rings. The number of piperidine rings is 2. The largest absolute Gasteiger partial charge is 0.476 e. The van der Waals surface area contributed by atoms with Crippen LogP contribution >= 0.6 is 0 Å². The Labute approximate surface area is 224 Å². The van der Waals surface area contributed by atoms with Crippen molar-refractivity contribution in [3.8, 4) is 5.88 Å². The van der Waals surface area contributed by atoms with Crippen LogP contribution in [0.3, 0.4) is 0 Å². The Kier molecular flexibility index (Phi) is 8.53. The third-order valence-corrected chi connectivity index (χ3v) is 7.56. The zero-order chi connectivity index (χ0) is 26.3. The zero-order valence-corrected chi connectivity index (χ0v) is 22.3. The fraction of sp³-hybridized carbons (Fsp3) is 0.517. The van der Waals surface area contributed by atoms with E-state index < -0.39 is 0 Å². The van der Waals surface area contributed by atoms with Crippen LogP contribution in [0.1, 0.15) is 68.3 Å². The predicted molar refractivity (Wildman–Crippen MR) is 147 cm³/mol. The number of hydrogen-bond acceptors (Lipinski definition) is 6. The molecule has 2 aromatic heterocycles. The van der Waals surface area contributed by atoms with Crippen LogP contribution in [-0.2, 0) is 4.79 Å². The first-order valence-electron chi connectivity index (χ1n) is 14.0. The lowest BCUT2D eigenvalue weighted by Gasteiger charge is -2.33. The molecule has 0 saturated carbocycles. The number of benzene rings is 1. The smallest absolute Gasteiger partial charge is 0.257 e. The summed E-state index contributed by atoms with van der Waals surface area (Å²) in [7, 11) is 0. The molecular weight excluding hydrogens is 480 g/mol. The molecule has 0 unspecified atom stereocenters. The van der Waals surface area contributed by atoms with Gasteiger partial charge in [-0.05, 0) is 57.3 Å². The van der Waals surface area contributed by atoms with Crippen molar-refractivity contribution in [1.82, 2.24) is 24.3 Å². The highest BCUT2D eigenvalue weighted by atomic mass is 16.5. The summed E-state index contributed by atoms with van der Waals surface area (Å²) >= 11 is 0. The van der Waals surface area contributed by atoms with E-state index in [0.717, 1.165) is 44.4 Å². The molecule has 0 atom stereocenters. The van der Waals surface area contributed by atoms with Crippen molar-refractivity contribution in [2.45, 2.75) is 57.9 Å². The summed E-state index contributed by atoms with van der Waals surface area (Å²) in [6.07, 6.45) is 8.57. The molecule has 2 fully saturated rings. The Hall–Kier alpha value is -3.46. The number of fused-ring (bicyclic) bond motifs is 1. The maximum Gasteiger partial charge on any atom is 0.257 e. The first-order valence-corrected chi connectivity index (χ1v) is 14.0. The van der Waals surface area contributed by atoms with Crippen LogP contribution in [0, 0.1) is 0 Å². The average molecular weight is 519 g/mol. The van der Waals surface area contributed by atoms with E-state index in [1.807, 2.05) is 36.1 Å². The molecule has 2 aliphatic rings. The zero-order valence-electron chi connectivity index (χ0n) is 22.3. The molecule has 9 nitrogen and oxygen atoms in total. The van der Waals surface area contributed by atoms with Crippen LogP contribution in [0.15, 0.2) is 42.6 Å². The van der Waals surface area contributed by atoms with E-state index in [0.29, 0.717) is 49.0 Å². The van der Waals surface area contributed by atoms with E-state index in [-0.39, 0.29) is 17.9 Å². The second kappa shape index (κ2) is 12.4. The number of hydrogen-bond donors (Lipinski definition) is 1. The standard InChI is InChI=1S/C29H38N6O3/c1-2-9-27(36)34-16-12-23(13-17-34)35-25-20-26(38-19-18-33-14-7-4-8-15-33)30-21-24(25)31-29(35)32-28(37)22-10-5-3-6-11-22/h3,5-6,10-11,20-21,23H,2,4,7-9,12-19H2,1H3,(H,31,32,37). The van der Waals surface area contributed by atoms with Crippen molar-refractivity contribution in [1.29, 1.82) is 0 Å². The maximum absolute atomic E-state index is 13.0. The Bertz CT molecular complexity index is 1230. The third kappa shape index (κ3) is 6.15. The Morgan fingerprint density at radius 1 is 1.05 bits per heavy atom. The molecule has 5 rings (SSSR count). The van der Waals surface area contributed by atoms with Gasteiger partial charge in [-0.1, -0.05) is 31.5 Å². The van der Waals surface area contributed by atoms with Crippen molar-refractivity contribution < 1.29 is 14.3 Å². The van der Waals surface area contributed by atoms with Crippen molar-refractivity contribution >= 4 is 28.8 Å². The lowest BCUT2D eigenvalue weighted by molar-refractivity contribution is -0.132. The van der Waals surface area contributed by atoms with Gasteiger partial charge in [-0.25, -0.2) is 9.97 Å². The van der Waals surface area contributed by atoms with Gasteiger partial charge in [-0.3, -0.25) is 19.8 Å². The minimum atomic E-state index is -0.205. The summed E-state index contributed by atoms with van der Waals surface area (Å²) in [6.45, 7) is 7.16. The molecule has 2 saturated heterocycles. The number of nitrogens with zero attached hydrogens (tertiary/aromatic N) is 5. The molecule has 2 amide bonds. The number of rotatable bonds is 9. The van der Waals surface area contributed by atoms with Gasteiger partial charge in [0.1, 0.15) is 12.1 Å². The Balaban J connectivity index is 1.37. The van der Waals surface area contributed by atoms with Gasteiger partial charge in [0.2, 0.25) is 17.7 Å². The first-order chi connectivity index (χ1) is 18.6. The van der Waals surface area contributed by atoms with Gasteiger partial charge in [0.25, 0.3) is 5.91 Å². The number of likely N-dealkylation sites (tertiary alicyclic amines) is 2. The van der Waals surface area contributed by atoms with Crippen LogP contribution in [-0.4, -0.2) is 75.5 Å². The van der Waals surface area contributed by atoms with E-state index in [4.69, 9.17) is 9.72 Å². The summed E-state index contributed by atoms with van der Waals surface area (Å²) in [5, 5.41) is 3.03. The van der Waals surface area contributed by atoms with E-state index in [1.54, 1.807) is 18.3 Å². The maximum atomic E-state index is 13.0. The summed E-state index contributed by atoms with van der Waals surface area (Å²) < 4.78 is 8.17. The number of amides is 2. The highest BCUT2D eigenvalue weighted by molar-refractivity contribution is 6.04. The van der Waals surface area contributed by atoms with E-state index in [1.165, 1.54) is 19.3 Å². The number of pyridine rings is 1. The average Bonchev–Trinajstić information content (AvgIpc) is 3.31. The molecule has 9 heteroatoms. The third-order valence-electron chi connectivity index (χ3n) is 7.56. The number of carbonyl (C=O) groups is 2. The second-order valence-electron chi connectivity index (χ2n) is 10.2. The number of carbonyl (C=O) groups excluding carboxylic acids is 2. The molecule has 0 spiro atoms. The predicted octanol–water partition coefficient (Wildman–Crippen LogP) is 4.51.